The molecule has 0 radical (unpaired) electrons. The van der Waals surface area contributed by atoms with Gasteiger partial charge in [-0.1, -0.05) is 48.0 Å². The Labute approximate surface area is 201 Å². The number of halogens is 1. The average molecular weight is 497 g/mol. The molecule has 4 aromatic rings. The van der Waals surface area contributed by atoms with Crippen LogP contribution in [-0.4, -0.2) is 24.0 Å². The summed E-state index contributed by atoms with van der Waals surface area (Å²) in [7, 11) is -4.00. The van der Waals surface area contributed by atoms with E-state index >= 15 is 0 Å². The highest BCUT2D eigenvalue weighted by Crippen LogP contribution is 2.40. The fraction of sp³-hybridized carbons (Fsp3) is 0.125. The molecule has 3 aromatic carbocycles. The van der Waals surface area contributed by atoms with Gasteiger partial charge in [0.2, 0.25) is 5.88 Å². The van der Waals surface area contributed by atoms with E-state index in [0.717, 1.165) is 5.52 Å². The van der Waals surface area contributed by atoms with E-state index in [1.54, 1.807) is 34.9 Å². The monoisotopic (exact) mass is 496 g/mol. The Bertz CT molecular complexity index is 1530. The summed E-state index contributed by atoms with van der Waals surface area (Å²) < 4.78 is 29.7. The van der Waals surface area contributed by atoms with Crippen LogP contribution in [0.3, 0.4) is 0 Å². The van der Waals surface area contributed by atoms with Crippen LogP contribution in [-0.2, 0) is 10.0 Å². The van der Waals surface area contributed by atoms with Crippen LogP contribution in [0.2, 0.25) is 5.02 Å². The van der Waals surface area contributed by atoms with Crippen LogP contribution in [0.1, 0.15) is 30.2 Å². The van der Waals surface area contributed by atoms with Gasteiger partial charge in [-0.15, -0.1) is 10.2 Å². The third kappa shape index (κ3) is 4.52. The van der Waals surface area contributed by atoms with Crippen LogP contribution in [0.5, 0.6) is 5.88 Å². The fourth-order valence-corrected chi connectivity index (χ4v) is 4.92. The molecule has 1 amide bonds. The second-order valence-corrected chi connectivity index (χ2v) is 9.86. The summed E-state index contributed by atoms with van der Waals surface area (Å²) in [5.74, 6) is -0.858. The smallest absolute Gasteiger partial charge is 0.295 e. The SMILES string of the molecule is CC(C)n1c(O)c(N=NC(=O)c2cccc(S(=O)(=O)Nc3ccccc3Cl)c2)c2ccccc21. The molecule has 0 saturated carbocycles. The topological polar surface area (TPSA) is 113 Å². The Morgan fingerprint density at radius 2 is 1.74 bits per heavy atom. The molecule has 0 unspecified atom stereocenters. The number of fused-ring (bicyclic) bond motifs is 1. The Morgan fingerprint density at radius 1 is 1.03 bits per heavy atom. The van der Waals surface area contributed by atoms with Crippen LogP contribution >= 0.6 is 11.6 Å². The molecular weight excluding hydrogens is 476 g/mol. The Kier molecular flexibility index (Phi) is 6.41. The minimum atomic E-state index is -4.00. The van der Waals surface area contributed by atoms with Crippen molar-refractivity contribution in [2.45, 2.75) is 24.8 Å². The largest absolute Gasteiger partial charge is 0.493 e. The molecule has 0 aliphatic carbocycles. The van der Waals surface area contributed by atoms with Crippen molar-refractivity contribution >= 4 is 49.8 Å². The van der Waals surface area contributed by atoms with Crippen molar-refractivity contribution in [3.63, 3.8) is 0 Å². The highest BCUT2D eigenvalue weighted by molar-refractivity contribution is 7.92. The molecule has 0 saturated heterocycles. The number of sulfonamides is 1. The summed E-state index contributed by atoms with van der Waals surface area (Å²) in [5, 5.41) is 19.3. The maximum Gasteiger partial charge on any atom is 0.295 e. The molecule has 4 rings (SSSR count). The normalized spacial score (nSPS) is 12.0. The molecule has 1 heterocycles. The number of aromatic nitrogens is 1. The molecule has 2 N–H and O–H groups in total. The van der Waals surface area contributed by atoms with Gasteiger partial charge in [-0.05, 0) is 50.2 Å². The summed E-state index contributed by atoms with van der Waals surface area (Å²) in [6, 6.07) is 19.1. The molecule has 8 nitrogen and oxygen atoms in total. The van der Waals surface area contributed by atoms with Gasteiger partial charge in [-0.3, -0.25) is 9.52 Å². The lowest BCUT2D eigenvalue weighted by Gasteiger charge is -2.10. The van der Waals surface area contributed by atoms with Gasteiger partial charge < -0.3 is 9.67 Å². The first-order chi connectivity index (χ1) is 16.2. The molecule has 0 fully saturated rings. The first kappa shape index (κ1) is 23.5. The molecule has 0 atom stereocenters. The van der Waals surface area contributed by atoms with Gasteiger partial charge >= 0.3 is 0 Å². The van der Waals surface area contributed by atoms with Gasteiger partial charge in [-0.2, -0.15) is 0 Å². The van der Waals surface area contributed by atoms with Crippen molar-refractivity contribution in [3.05, 3.63) is 83.4 Å². The van der Waals surface area contributed by atoms with E-state index in [1.165, 1.54) is 30.3 Å². The number of azo groups is 1. The van der Waals surface area contributed by atoms with E-state index in [1.807, 2.05) is 26.0 Å². The summed E-state index contributed by atoms with van der Waals surface area (Å²) in [6.45, 7) is 3.83. The molecule has 1 aromatic heterocycles. The number of hydrogen-bond acceptors (Lipinski definition) is 5. The number of nitrogens with zero attached hydrogens (tertiary/aromatic N) is 3. The number of carbonyl (C=O) groups excluding carboxylic acids is 1. The molecular formula is C24H21ClN4O4S. The average Bonchev–Trinajstić information content (AvgIpc) is 3.10. The molecule has 0 spiro atoms. The zero-order valence-corrected chi connectivity index (χ0v) is 19.9. The van der Waals surface area contributed by atoms with Gasteiger partial charge in [0.25, 0.3) is 15.9 Å². The number of carbonyl (C=O) groups is 1. The van der Waals surface area contributed by atoms with Crippen molar-refractivity contribution in [1.29, 1.82) is 0 Å². The number of aromatic hydroxyl groups is 1. The predicted octanol–water partition coefficient (Wildman–Crippen LogP) is 6.31. The Hall–Kier alpha value is -3.69. The van der Waals surface area contributed by atoms with Crippen LogP contribution in [0.25, 0.3) is 10.9 Å². The number of amides is 1. The quantitative estimate of drug-likeness (QED) is 0.304. The number of para-hydroxylation sites is 2. The standard InChI is InChI=1S/C24H21ClN4O4S/c1-15(2)29-21-13-6-3-10-18(21)22(24(29)31)26-27-23(30)16-8-7-9-17(14-16)34(32,33)28-20-12-5-4-11-19(20)25/h3-15,28,31H,1-2H3. The zero-order chi connectivity index (χ0) is 24.5. The lowest BCUT2D eigenvalue weighted by molar-refractivity contribution is 0.0995. The van der Waals surface area contributed by atoms with Crippen molar-refractivity contribution in [2.75, 3.05) is 4.72 Å². The number of benzene rings is 3. The third-order valence-electron chi connectivity index (χ3n) is 5.13. The van der Waals surface area contributed by atoms with Gasteiger partial charge in [0.05, 0.1) is 21.1 Å². The molecule has 0 bridgehead atoms. The first-order valence-corrected chi connectivity index (χ1v) is 12.2. The lowest BCUT2D eigenvalue weighted by atomic mass is 10.2. The fourth-order valence-electron chi connectivity index (χ4n) is 3.55. The minimum Gasteiger partial charge on any atom is -0.493 e. The van der Waals surface area contributed by atoms with Crippen molar-refractivity contribution in [3.8, 4) is 5.88 Å². The summed E-state index contributed by atoms with van der Waals surface area (Å²) in [5.41, 5.74) is 1.17. The van der Waals surface area contributed by atoms with E-state index in [-0.39, 0.29) is 38.8 Å². The van der Waals surface area contributed by atoms with Crippen molar-refractivity contribution < 1.29 is 18.3 Å². The Morgan fingerprint density at radius 3 is 2.47 bits per heavy atom. The third-order valence-corrected chi connectivity index (χ3v) is 6.82. The van der Waals surface area contributed by atoms with Crippen LogP contribution in [0.4, 0.5) is 11.4 Å². The molecule has 0 aliphatic rings. The van der Waals surface area contributed by atoms with E-state index in [2.05, 4.69) is 15.0 Å². The highest BCUT2D eigenvalue weighted by Gasteiger charge is 2.20. The predicted molar refractivity (Wildman–Crippen MR) is 132 cm³/mol. The lowest BCUT2D eigenvalue weighted by Crippen LogP contribution is -2.13. The van der Waals surface area contributed by atoms with Gasteiger partial charge in [0.1, 0.15) is 0 Å². The Balaban J connectivity index is 1.64. The van der Waals surface area contributed by atoms with Crippen molar-refractivity contribution in [1.82, 2.24) is 4.57 Å². The highest BCUT2D eigenvalue weighted by atomic mass is 35.5. The van der Waals surface area contributed by atoms with Crippen LogP contribution < -0.4 is 4.72 Å². The second kappa shape index (κ2) is 9.28. The number of nitrogens with one attached hydrogen (secondary N) is 1. The van der Waals surface area contributed by atoms with Crippen LogP contribution in [0.15, 0.2) is 87.9 Å². The summed E-state index contributed by atoms with van der Waals surface area (Å²) in [6.07, 6.45) is 0. The second-order valence-electron chi connectivity index (χ2n) is 7.77. The molecule has 34 heavy (non-hydrogen) atoms. The molecule has 10 heteroatoms. The van der Waals surface area contributed by atoms with Crippen LogP contribution in [0, 0.1) is 0 Å². The maximum atomic E-state index is 12.8. The van der Waals surface area contributed by atoms with E-state index < -0.39 is 15.9 Å². The van der Waals surface area contributed by atoms with E-state index in [4.69, 9.17) is 11.6 Å². The molecule has 0 aliphatic heterocycles. The summed E-state index contributed by atoms with van der Waals surface area (Å²) >= 11 is 6.04. The number of hydrogen-bond donors (Lipinski definition) is 2. The number of anilines is 1. The first-order valence-electron chi connectivity index (χ1n) is 10.3. The summed E-state index contributed by atoms with van der Waals surface area (Å²) in [4.78, 5) is 12.6. The van der Waals surface area contributed by atoms with E-state index in [9.17, 15) is 18.3 Å². The van der Waals surface area contributed by atoms with Crippen molar-refractivity contribution in [2.24, 2.45) is 10.2 Å². The number of rotatable bonds is 6. The zero-order valence-electron chi connectivity index (χ0n) is 18.3. The van der Waals surface area contributed by atoms with E-state index in [0.29, 0.717) is 5.39 Å². The van der Waals surface area contributed by atoms with Gasteiger partial charge in [-0.25, -0.2) is 8.42 Å². The maximum absolute atomic E-state index is 12.8. The minimum absolute atomic E-state index is 0.0258. The van der Waals surface area contributed by atoms with Gasteiger partial charge in [0.15, 0.2) is 5.69 Å². The van der Waals surface area contributed by atoms with Gasteiger partial charge in [0, 0.05) is 17.0 Å². The molecule has 174 valence electrons.